The lowest BCUT2D eigenvalue weighted by molar-refractivity contribution is -0.167. The maximum atomic E-state index is 12.2. The van der Waals surface area contributed by atoms with Crippen LogP contribution in [0.1, 0.15) is 10.4 Å². The number of hydrogen-bond donors (Lipinski definition) is 3. The molecule has 0 aromatic heterocycles. The first kappa shape index (κ1) is 16.3. The third kappa shape index (κ3) is 4.22. The summed E-state index contributed by atoms with van der Waals surface area (Å²) in [5.74, 6) is -2.98. The number of anilines is 2. The van der Waals surface area contributed by atoms with Gasteiger partial charge in [0.15, 0.2) is 0 Å². The van der Waals surface area contributed by atoms with Gasteiger partial charge in [-0.05, 0) is 30.3 Å². The number of carbonyl (C=O) groups is 2. The first-order valence-electron chi connectivity index (χ1n) is 6.35. The first-order valence-corrected chi connectivity index (χ1v) is 6.35. The minimum atomic E-state index is -5.00. The number of amides is 2. The van der Waals surface area contributed by atoms with Crippen LogP contribution in [0.15, 0.2) is 48.5 Å². The average Bonchev–Trinajstić information content (AvgIpc) is 2.47. The van der Waals surface area contributed by atoms with E-state index in [0.29, 0.717) is 0 Å². The number of rotatable bonds is 3. The quantitative estimate of drug-likeness (QED) is 0.811. The molecule has 0 spiro atoms. The highest BCUT2D eigenvalue weighted by molar-refractivity contribution is 6.06. The number of halogens is 3. The molecule has 0 fully saturated rings. The summed E-state index contributed by atoms with van der Waals surface area (Å²) in [6.45, 7) is 0. The number of para-hydroxylation sites is 1. The largest absolute Gasteiger partial charge is 0.507 e. The Balaban J connectivity index is 2.13. The van der Waals surface area contributed by atoms with E-state index in [-0.39, 0.29) is 22.7 Å². The van der Waals surface area contributed by atoms with Crippen molar-refractivity contribution in [2.75, 3.05) is 10.6 Å². The standard InChI is InChI=1S/C15H11F3N2O3/c16-15(17,18)14(23)20-10-5-3-4-9(8-10)19-13(22)11-6-1-2-7-12(11)21/h1-8,21H,(H,19,22)(H,20,23). The molecular weight excluding hydrogens is 313 g/mol. The second kappa shape index (κ2) is 6.39. The van der Waals surface area contributed by atoms with Gasteiger partial charge in [-0.1, -0.05) is 18.2 Å². The Labute approximate surface area is 128 Å². The van der Waals surface area contributed by atoms with E-state index < -0.39 is 18.0 Å². The molecule has 0 bridgehead atoms. The molecule has 2 rings (SSSR count). The molecule has 0 heterocycles. The molecule has 0 unspecified atom stereocenters. The van der Waals surface area contributed by atoms with E-state index in [9.17, 15) is 27.9 Å². The summed E-state index contributed by atoms with van der Waals surface area (Å²) in [4.78, 5) is 22.9. The second-order valence-electron chi connectivity index (χ2n) is 4.50. The molecule has 2 amide bonds. The molecule has 0 aliphatic carbocycles. The van der Waals surface area contributed by atoms with Crippen LogP contribution in [0.25, 0.3) is 0 Å². The van der Waals surface area contributed by atoms with Gasteiger partial charge in [0.1, 0.15) is 5.75 Å². The Morgan fingerprint density at radius 2 is 1.52 bits per heavy atom. The highest BCUT2D eigenvalue weighted by atomic mass is 19.4. The molecule has 120 valence electrons. The van der Waals surface area contributed by atoms with Gasteiger partial charge in [0.25, 0.3) is 5.91 Å². The topological polar surface area (TPSA) is 78.4 Å². The van der Waals surface area contributed by atoms with E-state index >= 15 is 0 Å². The number of aromatic hydroxyl groups is 1. The van der Waals surface area contributed by atoms with Crippen molar-refractivity contribution >= 4 is 23.2 Å². The number of nitrogens with one attached hydrogen (secondary N) is 2. The Kier molecular flexibility index (Phi) is 4.54. The summed E-state index contributed by atoms with van der Waals surface area (Å²) < 4.78 is 36.6. The van der Waals surface area contributed by atoms with Crippen LogP contribution in [0.2, 0.25) is 0 Å². The fourth-order valence-electron chi connectivity index (χ4n) is 1.74. The van der Waals surface area contributed by atoms with Gasteiger partial charge in [0, 0.05) is 11.4 Å². The fourth-order valence-corrected chi connectivity index (χ4v) is 1.74. The van der Waals surface area contributed by atoms with Crippen molar-refractivity contribution in [3.63, 3.8) is 0 Å². The second-order valence-corrected chi connectivity index (χ2v) is 4.50. The van der Waals surface area contributed by atoms with E-state index in [1.54, 1.807) is 17.4 Å². The summed E-state index contributed by atoms with van der Waals surface area (Å²) in [5, 5.41) is 13.7. The van der Waals surface area contributed by atoms with Crippen LogP contribution in [0.3, 0.4) is 0 Å². The molecule has 0 saturated heterocycles. The Morgan fingerprint density at radius 3 is 2.13 bits per heavy atom. The van der Waals surface area contributed by atoms with Gasteiger partial charge in [0.2, 0.25) is 0 Å². The van der Waals surface area contributed by atoms with E-state index in [1.807, 2.05) is 0 Å². The van der Waals surface area contributed by atoms with Gasteiger partial charge < -0.3 is 15.7 Å². The number of phenolic OH excluding ortho intramolecular Hbond substituents is 1. The highest BCUT2D eigenvalue weighted by Crippen LogP contribution is 2.22. The normalized spacial score (nSPS) is 10.9. The van der Waals surface area contributed by atoms with Crippen molar-refractivity contribution in [2.24, 2.45) is 0 Å². The SMILES string of the molecule is O=C(Nc1cccc(NC(=O)C(F)(F)F)c1)c1ccccc1O. The minimum absolute atomic E-state index is 0.0113. The van der Waals surface area contributed by atoms with Gasteiger partial charge in [0.05, 0.1) is 5.56 Å². The molecule has 8 heteroatoms. The lowest BCUT2D eigenvalue weighted by Crippen LogP contribution is -2.29. The van der Waals surface area contributed by atoms with Crippen LogP contribution < -0.4 is 10.6 Å². The predicted molar refractivity (Wildman–Crippen MR) is 77.2 cm³/mol. The summed E-state index contributed by atoms with van der Waals surface area (Å²) in [5.41, 5.74) is 0.0536. The van der Waals surface area contributed by atoms with Gasteiger partial charge in [-0.3, -0.25) is 9.59 Å². The number of benzene rings is 2. The number of hydrogen-bond acceptors (Lipinski definition) is 3. The molecule has 23 heavy (non-hydrogen) atoms. The van der Waals surface area contributed by atoms with E-state index in [0.717, 1.165) is 0 Å². The smallest absolute Gasteiger partial charge is 0.471 e. The van der Waals surface area contributed by atoms with Gasteiger partial charge in [-0.2, -0.15) is 13.2 Å². The zero-order chi connectivity index (χ0) is 17.0. The molecule has 0 aliphatic rings. The molecule has 0 radical (unpaired) electrons. The molecule has 0 atom stereocenters. The lowest BCUT2D eigenvalue weighted by Gasteiger charge is -2.10. The summed E-state index contributed by atoms with van der Waals surface area (Å²) in [6.07, 6.45) is -5.00. The van der Waals surface area contributed by atoms with E-state index in [2.05, 4.69) is 5.32 Å². The highest BCUT2D eigenvalue weighted by Gasteiger charge is 2.38. The van der Waals surface area contributed by atoms with Gasteiger partial charge in [-0.25, -0.2) is 0 Å². The molecule has 0 aliphatic heterocycles. The van der Waals surface area contributed by atoms with Crippen LogP contribution in [0, 0.1) is 0 Å². The maximum Gasteiger partial charge on any atom is 0.471 e. The number of phenols is 1. The van der Waals surface area contributed by atoms with Crippen molar-refractivity contribution < 1.29 is 27.9 Å². The monoisotopic (exact) mass is 324 g/mol. The minimum Gasteiger partial charge on any atom is -0.507 e. The van der Waals surface area contributed by atoms with Gasteiger partial charge in [-0.15, -0.1) is 0 Å². The van der Waals surface area contributed by atoms with Crippen molar-refractivity contribution in [3.8, 4) is 5.75 Å². The Bertz CT molecular complexity index is 745. The predicted octanol–water partition coefficient (Wildman–Crippen LogP) is 3.15. The van der Waals surface area contributed by atoms with Gasteiger partial charge >= 0.3 is 12.1 Å². The first-order chi connectivity index (χ1) is 10.8. The summed E-state index contributed by atoms with van der Waals surface area (Å²) >= 11 is 0. The molecule has 5 nitrogen and oxygen atoms in total. The van der Waals surface area contributed by atoms with Crippen molar-refractivity contribution in [2.45, 2.75) is 6.18 Å². The van der Waals surface area contributed by atoms with Crippen LogP contribution >= 0.6 is 0 Å². The number of alkyl halides is 3. The van der Waals surface area contributed by atoms with E-state index in [4.69, 9.17) is 0 Å². The molecular formula is C15H11F3N2O3. The summed E-state index contributed by atoms with van der Waals surface area (Å²) in [6, 6.07) is 11.0. The molecule has 2 aromatic rings. The molecule has 3 N–H and O–H groups in total. The van der Waals surface area contributed by atoms with Crippen LogP contribution in [0.4, 0.5) is 24.5 Å². The Morgan fingerprint density at radius 1 is 0.913 bits per heavy atom. The van der Waals surface area contributed by atoms with Crippen LogP contribution in [-0.4, -0.2) is 23.1 Å². The third-order valence-corrected chi connectivity index (χ3v) is 2.78. The van der Waals surface area contributed by atoms with Crippen molar-refractivity contribution in [3.05, 3.63) is 54.1 Å². The lowest BCUT2D eigenvalue weighted by atomic mass is 10.2. The van der Waals surface area contributed by atoms with Crippen molar-refractivity contribution in [1.82, 2.24) is 0 Å². The van der Waals surface area contributed by atoms with Crippen LogP contribution in [-0.2, 0) is 4.79 Å². The number of carbonyl (C=O) groups excluding carboxylic acids is 2. The molecule has 2 aromatic carbocycles. The van der Waals surface area contributed by atoms with Crippen molar-refractivity contribution in [1.29, 1.82) is 0 Å². The maximum absolute atomic E-state index is 12.2. The van der Waals surface area contributed by atoms with Crippen LogP contribution in [0.5, 0.6) is 5.75 Å². The zero-order valence-corrected chi connectivity index (χ0v) is 11.5. The fraction of sp³-hybridized carbons (Fsp3) is 0.0667. The average molecular weight is 324 g/mol. The zero-order valence-electron chi connectivity index (χ0n) is 11.5. The molecule has 0 saturated carbocycles. The third-order valence-electron chi connectivity index (χ3n) is 2.78. The Hall–Kier alpha value is -3.03. The van der Waals surface area contributed by atoms with E-state index in [1.165, 1.54) is 36.4 Å². The summed E-state index contributed by atoms with van der Waals surface area (Å²) in [7, 11) is 0.